The minimum atomic E-state index is 0.792. The first-order valence-corrected chi connectivity index (χ1v) is 7.86. The highest BCUT2D eigenvalue weighted by molar-refractivity contribution is 5.25. The molecule has 0 unspecified atom stereocenters. The molecule has 0 spiro atoms. The number of aromatic nitrogens is 2. The molecular weight excluding hydrogens is 252 g/mol. The lowest BCUT2D eigenvalue weighted by molar-refractivity contribution is 0.142. The molecule has 0 bridgehead atoms. The number of rotatable bonds is 12. The summed E-state index contributed by atoms with van der Waals surface area (Å²) in [6.07, 6.45) is 6.05. The molecule has 20 heavy (non-hydrogen) atoms. The van der Waals surface area contributed by atoms with E-state index in [4.69, 9.17) is 4.74 Å². The van der Waals surface area contributed by atoms with Gasteiger partial charge in [-0.05, 0) is 39.4 Å². The Morgan fingerprint density at radius 1 is 1.25 bits per heavy atom. The minimum absolute atomic E-state index is 0.792. The summed E-state index contributed by atoms with van der Waals surface area (Å²) < 4.78 is 7.52. The maximum absolute atomic E-state index is 5.36. The predicted molar refractivity (Wildman–Crippen MR) is 84.2 cm³/mol. The second kappa shape index (κ2) is 10.7. The maximum Gasteiger partial charge on any atom is 0.202 e. The zero-order valence-corrected chi connectivity index (χ0v) is 13.3. The van der Waals surface area contributed by atoms with Crippen LogP contribution < -0.4 is 5.32 Å². The van der Waals surface area contributed by atoms with Crippen molar-refractivity contribution >= 4 is 5.95 Å². The van der Waals surface area contributed by atoms with Gasteiger partial charge in [0.15, 0.2) is 0 Å². The molecule has 1 aromatic rings. The number of nitrogens with zero attached hydrogens (tertiary/aromatic N) is 3. The molecule has 5 nitrogen and oxygen atoms in total. The first kappa shape index (κ1) is 17.0. The number of aryl methyl sites for hydroxylation is 1. The zero-order valence-electron chi connectivity index (χ0n) is 13.3. The average molecular weight is 282 g/mol. The fraction of sp³-hybridized carbons (Fsp3) is 0.800. The van der Waals surface area contributed by atoms with Gasteiger partial charge in [0.25, 0.3) is 0 Å². The first-order valence-electron chi connectivity index (χ1n) is 7.86. The van der Waals surface area contributed by atoms with Gasteiger partial charge in [-0.25, -0.2) is 4.98 Å². The summed E-state index contributed by atoms with van der Waals surface area (Å²) in [5.41, 5.74) is 0. The molecule has 1 N–H and O–H groups in total. The van der Waals surface area contributed by atoms with Crippen LogP contribution in [0, 0.1) is 0 Å². The van der Waals surface area contributed by atoms with Gasteiger partial charge >= 0.3 is 0 Å². The lowest BCUT2D eigenvalue weighted by Gasteiger charge is -2.18. The second-order valence-electron chi connectivity index (χ2n) is 4.80. The summed E-state index contributed by atoms with van der Waals surface area (Å²) in [6.45, 7) is 13.4. The van der Waals surface area contributed by atoms with Crippen molar-refractivity contribution in [3.8, 4) is 0 Å². The van der Waals surface area contributed by atoms with Crippen molar-refractivity contribution in [3.05, 3.63) is 12.4 Å². The molecule has 0 aliphatic carbocycles. The van der Waals surface area contributed by atoms with Crippen molar-refractivity contribution in [1.82, 2.24) is 14.5 Å². The third-order valence-electron chi connectivity index (χ3n) is 3.44. The fourth-order valence-corrected chi connectivity index (χ4v) is 2.18. The van der Waals surface area contributed by atoms with E-state index in [0.717, 1.165) is 64.7 Å². The van der Waals surface area contributed by atoms with Gasteiger partial charge < -0.3 is 19.5 Å². The van der Waals surface area contributed by atoms with Crippen LogP contribution in [0.1, 0.15) is 33.6 Å². The van der Waals surface area contributed by atoms with E-state index < -0.39 is 0 Å². The smallest absolute Gasteiger partial charge is 0.202 e. The number of hydrogen-bond donors (Lipinski definition) is 1. The van der Waals surface area contributed by atoms with Crippen molar-refractivity contribution in [1.29, 1.82) is 0 Å². The highest BCUT2D eigenvalue weighted by Gasteiger charge is 2.02. The Bertz CT molecular complexity index is 336. The minimum Gasteiger partial charge on any atom is -0.382 e. The van der Waals surface area contributed by atoms with E-state index in [2.05, 4.69) is 33.6 Å². The van der Waals surface area contributed by atoms with Crippen molar-refractivity contribution in [2.24, 2.45) is 0 Å². The van der Waals surface area contributed by atoms with Crippen molar-refractivity contribution < 1.29 is 4.74 Å². The average Bonchev–Trinajstić information content (AvgIpc) is 2.91. The Morgan fingerprint density at radius 2 is 2.05 bits per heavy atom. The van der Waals surface area contributed by atoms with Crippen LogP contribution >= 0.6 is 0 Å². The van der Waals surface area contributed by atoms with Crippen LogP contribution in [0.25, 0.3) is 0 Å². The number of hydrogen-bond acceptors (Lipinski definition) is 4. The molecule has 5 heteroatoms. The van der Waals surface area contributed by atoms with Gasteiger partial charge in [-0.1, -0.05) is 13.8 Å². The summed E-state index contributed by atoms with van der Waals surface area (Å²) in [6, 6.07) is 0. The normalized spacial score (nSPS) is 11.2. The van der Waals surface area contributed by atoms with Gasteiger partial charge in [0, 0.05) is 38.7 Å². The molecule has 116 valence electrons. The topological polar surface area (TPSA) is 42.3 Å². The SMILES string of the molecule is CCOCCCn1ccnc1NCCCN(CC)CC. The Labute approximate surface area is 123 Å². The van der Waals surface area contributed by atoms with Crippen LogP contribution in [-0.2, 0) is 11.3 Å². The van der Waals surface area contributed by atoms with Crippen molar-refractivity contribution in [3.63, 3.8) is 0 Å². The van der Waals surface area contributed by atoms with Crippen molar-refractivity contribution in [2.75, 3.05) is 44.7 Å². The summed E-state index contributed by atoms with van der Waals surface area (Å²) in [5.74, 6) is 0.973. The Morgan fingerprint density at radius 3 is 2.75 bits per heavy atom. The monoisotopic (exact) mass is 282 g/mol. The fourth-order valence-electron chi connectivity index (χ4n) is 2.18. The van der Waals surface area contributed by atoms with E-state index in [1.807, 2.05) is 19.3 Å². The lowest BCUT2D eigenvalue weighted by Crippen LogP contribution is -2.25. The first-order chi connectivity index (χ1) is 9.81. The molecule has 0 aromatic carbocycles. The summed E-state index contributed by atoms with van der Waals surface area (Å²) in [4.78, 5) is 6.81. The van der Waals surface area contributed by atoms with E-state index in [9.17, 15) is 0 Å². The lowest BCUT2D eigenvalue weighted by atomic mass is 10.3. The van der Waals surface area contributed by atoms with Crippen molar-refractivity contribution in [2.45, 2.75) is 40.2 Å². The maximum atomic E-state index is 5.36. The van der Waals surface area contributed by atoms with E-state index >= 15 is 0 Å². The largest absolute Gasteiger partial charge is 0.382 e. The standard InChI is InChI=1S/C15H30N4O/c1-4-18(5-2)11-7-9-16-15-17-10-13-19(15)12-8-14-20-6-3/h10,13H,4-9,11-12,14H2,1-3H3,(H,16,17). The van der Waals surface area contributed by atoms with Gasteiger partial charge in [-0.3, -0.25) is 0 Å². The molecular formula is C15H30N4O. The molecule has 0 fully saturated rings. The molecule has 0 radical (unpaired) electrons. The third-order valence-corrected chi connectivity index (χ3v) is 3.44. The van der Waals surface area contributed by atoms with Crippen LogP contribution in [0.5, 0.6) is 0 Å². The van der Waals surface area contributed by atoms with Crippen LogP contribution in [0.3, 0.4) is 0 Å². The molecule has 1 rings (SSSR count). The summed E-state index contributed by atoms with van der Waals surface area (Å²) in [5, 5.41) is 3.42. The quantitative estimate of drug-likeness (QED) is 0.598. The van der Waals surface area contributed by atoms with Crippen LogP contribution in [0.4, 0.5) is 5.95 Å². The predicted octanol–water partition coefficient (Wildman–Crippen LogP) is 2.45. The highest BCUT2D eigenvalue weighted by Crippen LogP contribution is 2.05. The number of nitrogens with one attached hydrogen (secondary N) is 1. The summed E-state index contributed by atoms with van der Waals surface area (Å²) in [7, 11) is 0. The molecule has 1 aromatic heterocycles. The van der Waals surface area contributed by atoms with Gasteiger partial charge in [0.2, 0.25) is 5.95 Å². The second-order valence-corrected chi connectivity index (χ2v) is 4.80. The van der Waals surface area contributed by atoms with E-state index in [0.29, 0.717) is 0 Å². The van der Waals surface area contributed by atoms with Gasteiger partial charge in [0.1, 0.15) is 0 Å². The zero-order chi connectivity index (χ0) is 14.6. The number of imidazole rings is 1. The molecule has 0 amide bonds. The van der Waals surface area contributed by atoms with Crippen LogP contribution in [-0.4, -0.2) is 53.8 Å². The Hall–Kier alpha value is -1.07. The number of anilines is 1. The van der Waals surface area contributed by atoms with Gasteiger partial charge in [-0.15, -0.1) is 0 Å². The third kappa shape index (κ3) is 6.39. The van der Waals surface area contributed by atoms with Crippen LogP contribution in [0.15, 0.2) is 12.4 Å². The Balaban J connectivity index is 2.21. The van der Waals surface area contributed by atoms with E-state index in [-0.39, 0.29) is 0 Å². The summed E-state index contributed by atoms with van der Waals surface area (Å²) >= 11 is 0. The molecule has 0 saturated heterocycles. The molecule has 0 aliphatic heterocycles. The number of ether oxygens (including phenoxy) is 1. The highest BCUT2D eigenvalue weighted by atomic mass is 16.5. The van der Waals surface area contributed by atoms with Gasteiger partial charge in [0.05, 0.1) is 0 Å². The van der Waals surface area contributed by atoms with Crippen LogP contribution in [0.2, 0.25) is 0 Å². The molecule has 0 saturated carbocycles. The van der Waals surface area contributed by atoms with E-state index in [1.54, 1.807) is 0 Å². The van der Waals surface area contributed by atoms with E-state index in [1.165, 1.54) is 0 Å². The molecule has 1 heterocycles. The molecule has 0 atom stereocenters. The van der Waals surface area contributed by atoms with Gasteiger partial charge in [-0.2, -0.15) is 0 Å². The molecule has 0 aliphatic rings. The Kier molecular flexibility index (Phi) is 9.07.